The summed E-state index contributed by atoms with van der Waals surface area (Å²) in [5.41, 5.74) is 0. The van der Waals surface area contributed by atoms with E-state index in [1.807, 2.05) is 0 Å². The third-order valence-corrected chi connectivity index (χ3v) is 1.36. The van der Waals surface area contributed by atoms with Gasteiger partial charge in [0, 0.05) is 0 Å². The van der Waals surface area contributed by atoms with Crippen LogP contribution >= 0.6 is 0 Å². The third-order valence-electron chi connectivity index (χ3n) is 1.36. The summed E-state index contributed by atoms with van der Waals surface area (Å²) < 4.78 is 43.2. The summed E-state index contributed by atoms with van der Waals surface area (Å²) in [7, 11) is 0. The van der Waals surface area contributed by atoms with E-state index >= 15 is 0 Å². The van der Waals surface area contributed by atoms with Gasteiger partial charge in [-0.15, -0.1) is 0 Å². The number of esters is 2. The molecule has 0 saturated carbocycles. The number of rotatable bonds is 1. The minimum Gasteiger partial charge on any atom is -0.482 e. The fourth-order valence-corrected chi connectivity index (χ4v) is 0.727. The van der Waals surface area contributed by atoms with Gasteiger partial charge in [0.2, 0.25) is 6.10 Å². The average Bonchev–Trinajstić information content (AvgIpc) is 2.17. The summed E-state index contributed by atoms with van der Waals surface area (Å²) in [6.07, 6.45) is -1.44. The Bertz CT molecular complexity index is 329. The van der Waals surface area contributed by atoms with E-state index in [4.69, 9.17) is 0 Å². The van der Waals surface area contributed by atoms with Gasteiger partial charge in [-0.2, -0.15) is 13.2 Å². The van der Waals surface area contributed by atoms with Crippen molar-refractivity contribution >= 4 is 11.9 Å². The molecule has 1 aliphatic heterocycles. The molecular formula is C8H5F3O4. The number of hydrogen-bond acceptors (Lipinski definition) is 4. The first-order valence-electron chi connectivity index (χ1n) is 3.73. The van der Waals surface area contributed by atoms with E-state index in [1.54, 1.807) is 0 Å². The summed E-state index contributed by atoms with van der Waals surface area (Å²) in [5.74, 6) is -3.96. The van der Waals surface area contributed by atoms with Crippen LogP contribution in [0.25, 0.3) is 0 Å². The standard InChI is InChI=1S/C8H5F3O4/c9-8(10,11)7(13)15-6(12)5-3-1-2-4-14-5/h1-5H. The molecule has 0 spiro atoms. The third kappa shape index (κ3) is 3.12. The molecule has 1 heterocycles. The summed E-state index contributed by atoms with van der Waals surface area (Å²) in [6.45, 7) is 0. The number of halogens is 3. The van der Waals surface area contributed by atoms with Gasteiger partial charge in [0.05, 0.1) is 6.26 Å². The van der Waals surface area contributed by atoms with Gasteiger partial charge >= 0.3 is 18.1 Å². The lowest BCUT2D eigenvalue weighted by Gasteiger charge is -2.13. The molecule has 82 valence electrons. The fourth-order valence-electron chi connectivity index (χ4n) is 0.727. The summed E-state index contributed by atoms with van der Waals surface area (Å²) in [5, 5.41) is 0. The van der Waals surface area contributed by atoms with Crippen molar-refractivity contribution in [3.05, 3.63) is 24.5 Å². The second kappa shape index (κ2) is 4.16. The molecule has 0 radical (unpaired) electrons. The van der Waals surface area contributed by atoms with Crippen LogP contribution in [0.1, 0.15) is 0 Å². The van der Waals surface area contributed by atoms with E-state index in [-0.39, 0.29) is 0 Å². The van der Waals surface area contributed by atoms with E-state index < -0.39 is 24.2 Å². The first kappa shape index (κ1) is 11.3. The fraction of sp³-hybridized carbons (Fsp3) is 0.250. The summed E-state index contributed by atoms with van der Waals surface area (Å²) >= 11 is 0. The number of alkyl halides is 3. The largest absolute Gasteiger partial charge is 0.491 e. The van der Waals surface area contributed by atoms with E-state index in [0.717, 1.165) is 12.3 Å². The van der Waals surface area contributed by atoms with Crippen molar-refractivity contribution in [1.29, 1.82) is 0 Å². The Kier molecular flexibility index (Phi) is 3.13. The van der Waals surface area contributed by atoms with Crippen molar-refractivity contribution in [3.63, 3.8) is 0 Å². The Hall–Kier alpha value is -1.79. The quantitative estimate of drug-likeness (QED) is 0.492. The molecule has 1 unspecified atom stereocenters. The van der Waals surface area contributed by atoms with Gasteiger partial charge in [-0.05, 0) is 12.2 Å². The zero-order valence-electron chi connectivity index (χ0n) is 7.15. The van der Waals surface area contributed by atoms with Gasteiger partial charge in [0.1, 0.15) is 0 Å². The van der Waals surface area contributed by atoms with Crippen LogP contribution < -0.4 is 0 Å². The Balaban J connectivity index is 2.53. The zero-order chi connectivity index (χ0) is 11.5. The van der Waals surface area contributed by atoms with Crippen molar-refractivity contribution < 1.29 is 32.2 Å². The second-order valence-electron chi connectivity index (χ2n) is 2.48. The lowest BCUT2D eigenvalue weighted by atomic mass is 10.3. The molecule has 1 atom stereocenters. The highest BCUT2D eigenvalue weighted by Gasteiger charge is 2.43. The minimum atomic E-state index is -5.19. The molecule has 4 nitrogen and oxygen atoms in total. The van der Waals surface area contributed by atoms with Gasteiger partial charge in [-0.25, -0.2) is 9.59 Å². The van der Waals surface area contributed by atoms with Gasteiger partial charge in [-0.3, -0.25) is 0 Å². The van der Waals surface area contributed by atoms with Crippen LogP contribution in [-0.4, -0.2) is 24.2 Å². The average molecular weight is 222 g/mol. The SMILES string of the molecule is O=C(OC(=O)C(F)(F)F)C1C=CC=CO1. The molecule has 0 fully saturated rings. The van der Waals surface area contributed by atoms with Crippen molar-refractivity contribution in [2.45, 2.75) is 12.3 Å². The van der Waals surface area contributed by atoms with Crippen LogP contribution in [0, 0.1) is 0 Å². The number of ether oxygens (including phenoxy) is 2. The molecule has 0 N–H and O–H groups in total. The number of allylic oxidation sites excluding steroid dienone is 2. The van der Waals surface area contributed by atoms with Crippen LogP contribution in [-0.2, 0) is 19.1 Å². The van der Waals surface area contributed by atoms with Crippen LogP contribution in [0.3, 0.4) is 0 Å². The van der Waals surface area contributed by atoms with Gasteiger partial charge in [0.25, 0.3) is 0 Å². The van der Waals surface area contributed by atoms with Crippen LogP contribution in [0.4, 0.5) is 13.2 Å². The Labute approximate surface area is 82.0 Å². The maximum absolute atomic E-state index is 11.7. The number of hydrogen-bond donors (Lipinski definition) is 0. The lowest BCUT2D eigenvalue weighted by Crippen LogP contribution is -2.33. The van der Waals surface area contributed by atoms with E-state index in [2.05, 4.69) is 9.47 Å². The molecular weight excluding hydrogens is 217 g/mol. The van der Waals surface area contributed by atoms with Crippen molar-refractivity contribution in [2.24, 2.45) is 0 Å². The molecule has 0 aromatic heterocycles. The van der Waals surface area contributed by atoms with Gasteiger partial charge in [0.15, 0.2) is 0 Å². The summed E-state index contributed by atoms with van der Waals surface area (Å²) in [6, 6.07) is 0. The highest BCUT2D eigenvalue weighted by atomic mass is 19.4. The van der Waals surface area contributed by atoms with Crippen LogP contribution in [0.2, 0.25) is 0 Å². The smallest absolute Gasteiger partial charge is 0.482 e. The van der Waals surface area contributed by atoms with Crippen LogP contribution in [0.5, 0.6) is 0 Å². The predicted molar refractivity (Wildman–Crippen MR) is 40.3 cm³/mol. The van der Waals surface area contributed by atoms with E-state index in [9.17, 15) is 22.8 Å². The Morgan fingerprint density at radius 2 is 1.93 bits per heavy atom. The lowest BCUT2D eigenvalue weighted by molar-refractivity contribution is -0.203. The molecule has 1 aliphatic rings. The number of carbonyl (C=O) groups is 2. The maximum Gasteiger partial charge on any atom is 0.491 e. The van der Waals surface area contributed by atoms with E-state index in [0.29, 0.717) is 0 Å². The first-order chi connectivity index (χ1) is 6.91. The molecule has 0 bridgehead atoms. The molecule has 1 rings (SSSR count). The molecule has 0 aliphatic carbocycles. The highest BCUT2D eigenvalue weighted by molar-refractivity contribution is 5.91. The predicted octanol–water partition coefficient (Wildman–Crippen LogP) is 1.09. The Morgan fingerprint density at radius 3 is 2.40 bits per heavy atom. The van der Waals surface area contributed by atoms with Gasteiger partial charge in [-0.1, -0.05) is 6.08 Å². The van der Waals surface area contributed by atoms with Crippen molar-refractivity contribution in [3.8, 4) is 0 Å². The van der Waals surface area contributed by atoms with Crippen molar-refractivity contribution in [1.82, 2.24) is 0 Å². The summed E-state index contributed by atoms with van der Waals surface area (Å²) in [4.78, 5) is 21.2. The minimum absolute atomic E-state index is 1.10. The monoisotopic (exact) mass is 222 g/mol. The normalized spacial score (nSPS) is 19.5. The first-order valence-corrected chi connectivity index (χ1v) is 3.73. The molecule has 0 amide bonds. The van der Waals surface area contributed by atoms with E-state index in [1.165, 1.54) is 12.2 Å². The Morgan fingerprint density at radius 1 is 1.27 bits per heavy atom. The van der Waals surface area contributed by atoms with Gasteiger partial charge < -0.3 is 9.47 Å². The van der Waals surface area contributed by atoms with Crippen molar-refractivity contribution in [2.75, 3.05) is 0 Å². The molecule has 0 saturated heterocycles. The second-order valence-corrected chi connectivity index (χ2v) is 2.48. The number of carbonyl (C=O) groups excluding carboxylic acids is 2. The molecule has 0 aromatic carbocycles. The zero-order valence-corrected chi connectivity index (χ0v) is 7.15. The molecule has 0 aromatic rings. The molecule has 15 heavy (non-hydrogen) atoms. The highest BCUT2D eigenvalue weighted by Crippen LogP contribution is 2.17. The maximum atomic E-state index is 11.7. The topological polar surface area (TPSA) is 52.6 Å². The van der Waals surface area contributed by atoms with Crippen LogP contribution in [0.15, 0.2) is 24.5 Å². The molecule has 7 heteroatoms.